The summed E-state index contributed by atoms with van der Waals surface area (Å²) in [6.07, 6.45) is 0.930. The van der Waals surface area contributed by atoms with Crippen LogP contribution in [0.25, 0.3) is 0 Å². The quantitative estimate of drug-likeness (QED) is 0.699. The van der Waals surface area contributed by atoms with Gasteiger partial charge in [-0.3, -0.25) is 14.4 Å². The average molecular weight is 489 g/mol. The molecular weight excluding hydrogens is 463 g/mol. The molecule has 2 aromatic rings. The van der Waals surface area contributed by atoms with Gasteiger partial charge in [0, 0.05) is 40.9 Å². The van der Waals surface area contributed by atoms with Crippen molar-refractivity contribution in [1.29, 1.82) is 0 Å². The van der Waals surface area contributed by atoms with Gasteiger partial charge in [-0.15, -0.1) is 0 Å². The minimum Gasteiger partial charge on any atom is -0.355 e. The molecular formula is C24H26Cl2N4O3. The lowest BCUT2D eigenvalue weighted by molar-refractivity contribution is -0.137. The first-order chi connectivity index (χ1) is 15.8. The summed E-state index contributed by atoms with van der Waals surface area (Å²) < 4.78 is 0. The smallest absolute Gasteiger partial charge is 0.253 e. The van der Waals surface area contributed by atoms with E-state index in [2.05, 4.69) is 10.2 Å². The van der Waals surface area contributed by atoms with Crippen LogP contribution < -0.4 is 10.2 Å². The third-order valence-electron chi connectivity index (χ3n) is 6.28. The molecule has 2 aliphatic rings. The number of carbonyl (C=O) groups is 3. The predicted molar refractivity (Wildman–Crippen MR) is 129 cm³/mol. The van der Waals surface area contributed by atoms with Gasteiger partial charge in [0.1, 0.15) is 12.1 Å². The van der Waals surface area contributed by atoms with Crippen molar-refractivity contribution < 1.29 is 14.4 Å². The highest BCUT2D eigenvalue weighted by molar-refractivity contribution is 6.35. The number of halogens is 2. The van der Waals surface area contributed by atoms with Crippen LogP contribution in [-0.4, -0.2) is 65.9 Å². The number of likely N-dealkylation sites (tertiary alicyclic amines) is 1. The molecule has 0 aromatic heterocycles. The molecule has 0 saturated carbocycles. The molecule has 0 atom stereocenters. The van der Waals surface area contributed by atoms with Gasteiger partial charge in [-0.05, 0) is 50.1 Å². The van der Waals surface area contributed by atoms with Gasteiger partial charge in [0.2, 0.25) is 5.91 Å². The monoisotopic (exact) mass is 488 g/mol. The van der Waals surface area contributed by atoms with Crippen LogP contribution in [0.2, 0.25) is 10.0 Å². The van der Waals surface area contributed by atoms with Crippen LogP contribution in [0.5, 0.6) is 0 Å². The summed E-state index contributed by atoms with van der Waals surface area (Å²) in [4.78, 5) is 44.3. The first kappa shape index (κ1) is 23.4. The summed E-state index contributed by atoms with van der Waals surface area (Å²) >= 11 is 12.1. The minimum absolute atomic E-state index is 0.0153. The lowest BCUT2D eigenvalue weighted by Crippen LogP contribution is -2.57. The fraction of sp³-hybridized carbons (Fsp3) is 0.375. The molecule has 33 heavy (non-hydrogen) atoms. The lowest BCUT2D eigenvalue weighted by atomic mass is 9.85. The van der Waals surface area contributed by atoms with Crippen molar-refractivity contribution in [2.75, 3.05) is 37.7 Å². The highest BCUT2D eigenvalue weighted by atomic mass is 35.5. The summed E-state index contributed by atoms with van der Waals surface area (Å²) in [6.45, 7) is 3.53. The van der Waals surface area contributed by atoms with Crippen molar-refractivity contribution in [3.63, 3.8) is 0 Å². The van der Waals surface area contributed by atoms with Crippen molar-refractivity contribution in [2.24, 2.45) is 0 Å². The highest BCUT2D eigenvalue weighted by Gasteiger charge is 2.54. The van der Waals surface area contributed by atoms with Gasteiger partial charge in [0.25, 0.3) is 11.8 Å². The van der Waals surface area contributed by atoms with E-state index in [9.17, 15) is 14.4 Å². The third-order valence-corrected chi connectivity index (χ3v) is 6.71. The van der Waals surface area contributed by atoms with E-state index >= 15 is 0 Å². The number of likely N-dealkylation sites (N-methyl/N-ethyl adjacent to an activating group) is 1. The fourth-order valence-corrected chi connectivity index (χ4v) is 5.21. The molecule has 0 radical (unpaired) electrons. The van der Waals surface area contributed by atoms with E-state index in [0.717, 1.165) is 5.69 Å². The Balaban J connectivity index is 1.56. The maximum atomic E-state index is 13.6. The largest absolute Gasteiger partial charge is 0.355 e. The van der Waals surface area contributed by atoms with Crippen LogP contribution in [0.4, 0.5) is 5.69 Å². The van der Waals surface area contributed by atoms with E-state index in [1.54, 1.807) is 28.0 Å². The SMILES string of the molecule is CCNC(=O)CN1CN(c2ccccc2)C2(CCN(C(=O)c3cc(Cl)cc(Cl)c3)CC2)C1=O. The van der Waals surface area contributed by atoms with Crippen LogP contribution in [0.1, 0.15) is 30.1 Å². The van der Waals surface area contributed by atoms with Crippen molar-refractivity contribution in [3.05, 3.63) is 64.1 Å². The van der Waals surface area contributed by atoms with E-state index in [4.69, 9.17) is 23.2 Å². The minimum atomic E-state index is -0.795. The topological polar surface area (TPSA) is 73.0 Å². The van der Waals surface area contributed by atoms with E-state index < -0.39 is 5.54 Å². The zero-order chi connectivity index (χ0) is 23.6. The Labute approximate surface area is 203 Å². The molecule has 2 aliphatic heterocycles. The van der Waals surface area contributed by atoms with Gasteiger partial charge in [-0.25, -0.2) is 0 Å². The standard InChI is InChI=1S/C24H26Cl2N4O3/c1-2-27-21(31)15-29-16-30(20-6-4-3-5-7-20)24(23(29)33)8-10-28(11-9-24)22(32)17-12-18(25)14-19(26)13-17/h3-7,12-14H,2,8-11,15-16H2,1H3,(H,27,31). The third kappa shape index (κ3) is 4.66. The van der Waals surface area contributed by atoms with Gasteiger partial charge in [0.15, 0.2) is 0 Å². The molecule has 7 nitrogen and oxygen atoms in total. The number of rotatable bonds is 5. The van der Waals surface area contributed by atoms with E-state index in [1.165, 1.54) is 0 Å². The zero-order valence-corrected chi connectivity index (χ0v) is 19.9. The number of hydrogen-bond donors (Lipinski definition) is 1. The summed E-state index contributed by atoms with van der Waals surface area (Å²) in [6, 6.07) is 14.5. The van der Waals surface area contributed by atoms with E-state index in [-0.39, 0.29) is 24.3 Å². The normalized spacial score (nSPS) is 17.5. The fourth-order valence-electron chi connectivity index (χ4n) is 4.69. The molecule has 1 N–H and O–H groups in total. The molecule has 2 saturated heterocycles. The number of carbonyl (C=O) groups excluding carboxylic acids is 3. The Bertz CT molecular complexity index is 1030. The van der Waals surface area contributed by atoms with E-state index in [1.807, 2.05) is 37.3 Å². The summed E-state index contributed by atoms with van der Waals surface area (Å²) in [5, 5.41) is 3.57. The van der Waals surface area contributed by atoms with Crippen molar-refractivity contribution in [1.82, 2.24) is 15.1 Å². The Morgan fingerprint density at radius 1 is 1.03 bits per heavy atom. The predicted octanol–water partition coefficient (Wildman–Crippen LogP) is 3.41. The zero-order valence-electron chi connectivity index (χ0n) is 18.4. The molecule has 0 unspecified atom stereocenters. The first-order valence-corrected chi connectivity index (χ1v) is 11.7. The number of piperidine rings is 1. The first-order valence-electron chi connectivity index (χ1n) is 11.0. The van der Waals surface area contributed by atoms with Gasteiger partial charge in [-0.2, -0.15) is 0 Å². The molecule has 9 heteroatoms. The van der Waals surface area contributed by atoms with Crippen molar-refractivity contribution in [2.45, 2.75) is 25.3 Å². The van der Waals surface area contributed by atoms with Crippen LogP contribution in [-0.2, 0) is 9.59 Å². The number of hydrogen-bond acceptors (Lipinski definition) is 4. The maximum Gasteiger partial charge on any atom is 0.253 e. The molecule has 4 rings (SSSR count). The molecule has 2 aromatic carbocycles. The van der Waals surface area contributed by atoms with E-state index in [0.29, 0.717) is 54.8 Å². The van der Waals surface area contributed by atoms with Gasteiger partial charge in [0.05, 0.1) is 6.67 Å². The number of para-hydroxylation sites is 1. The van der Waals surface area contributed by atoms with Crippen LogP contribution >= 0.6 is 23.2 Å². The average Bonchev–Trinajstić information content (AvgIpc) is 3.05. The molecule has 174 valence electrons. The number of nitrogens with one attached hydrogen (secondary N) is 1. The number of benzene rings is 2. The Morgan fingerprint density at radius 3 is 2.27 bits per heavy atom. The Hall–Kier alpha value is -2.77. The molecule has 2 heterocycles. The summed E-state index contributed by atoms with van der Waals surface area (Å²) in [5.74, 6) is -0.415. The molecule has 1 spiro atoms. The van der Waals surface area contributed by atoms with Crippen LogP contribution in [0, 0.1) is 0 Å². The molecule has 3 amide bonds. The molecule has 2 fully saturated rings. The molecule has 0 aliphatic carbocycles. The Kier molecular flexibility index (Phi) is 6.81. The second-order valence-electron chi connectivity index (χ2n) is 8.34. The van der Waals surface area contributed by atoms with Gasteiger partial charge in [-0.1, -0.05) is 41.4 Å². The Morgan fingerprint density at radius 2 is 1.67 bits per heavy atom. The highest BCUT2D eigenvalue weighted by Crippen LogP contribution is 2.39. The lowest BCUT2D eigenvalue weighted by Gasteiger charge is -2.43. The van der Waals surface area contributed by atoms with Crippen molar-refractivity contribution in [3.8, 4) is 0 Å². The van der Waals surface area contributed by atoms with Gasteiger partial charge >= 0.3 is 0 Å². The summed E-state index contributed by atoms with van der Waals surface area (Å²) in [7, 11) is 0. The van der Waals surface area contributed by atoms with Crippen LogP contribution in [0.15, 0.2) is 48.5 Å². The summed E-state index contributed by atoms with van der Waals surface area (Å²) in [5.41, 5.74) is 0.556. The van der Waals surface area contributed by atoms with Crippen LogP contribution in [0.3, 0.4) is 0 Å². The second kappa shape index (κ2) is 9.61. The number of nitrogens with zero attached hydrogens (tertiary/aromatic N) is 3. The van der Waals surface area contributed by atoms with Gasteiger partial charge < -0.3 is 20.0 Å². The maximum absolute atomic E-state index is 13.6. The number of amides is 3. The molecule has 0 bridgehead atoms. The second-order valence-corrected chi connectivity index (χ2v) is 9.22. The number of anilines is 1. The van der Waals surface area contributed by atoms with Crippen molar-refractivity contribution >= 4 is 46.6 Å².